The molecule has 0 bridgehead atoms. The van der Waals surface area contributed by atoms with Gasteiger partial charge in [0.1, 0.15) is 6.33 Å². The first kappa shape index (κ1) is 22.3. The lowest BCUT2D eigenvalue weighted by atomic mass is 10.1. The average molecular weight is 433 g/mol. The molecule has 2 aromatic heterocycles. The van der Waals surface area contributed by atoms with Gasteiger partial charge >= 0.3 is 0 Å². The molecule has 0 aliphatic heterocycles. The Hall–Kier alpha value is -3.43. The summed E-state index contributed by atoms with van der Waals surface area (Å²) in [5.74, 6) is -5.21. The van der Waals surface area contributed by atoms with Crippen LogP contribution >= 0.6 is 0 Å². The number of nitrogens with two attached hydrogens (primary N) is 1. The van der Waals surface area contributed by atoms with E-state index < -0.39 is 29.6 Å². The Morgan fingerprint density at radius 2 is 1.87 bits per heavy atom. The Morgan fingerprint density at radius 3 is 2.45 bits per heavy atom. The van der Waals surface area contributed by atoms with E-state index in [1.807, 2.05) is 13.8 Å². The summed E-state index contributed by atoms with van der Waals surface area (Å²) in [5, 5.41) is 4.09. The van der Waals surface area contributed by atoms with Crippen molar-refractivity contribution in [3.63, 3.8) is 0 Å². The van der Waals surface area contributed by atoms with Crippen molar-refractivity contribution in [2.24, 2.45) is 11.7 Å². The third kappa shape index (κ3) is 5.01. The topological polar surface area (TPSA) is 95.9 Å². The molecule has 164 valence electrons. The molecular formula is C21H22F3N5O2. The highest BCUT2D eigenvalue weighted by Crippen LogP contribution is 2.30. The maximum Gasteiger partial charge on any atom is 0.270 e. The number of hydrogen-bond acceptors (Lipinski definition) is 5. The molecule has 7 nitrogen and oxygen atoms in total. The van der Waals surface area contributed by atoms with Gasteiger partial charge in [-0.1, -0.05) is 38.1 Å². The summed E-state index contributed by atoms with van der Waals surface area (Å²) < 4.78 is 48.7. The first-order valence-corrected chi connectivity index (χ1v) is 9.57. The number of rotatable bonds is 8. The maximum absolute atomic E-state index is 15.2. The van der Waals surface area contributed by atoms with Crippen LogP contribution in [0.2, 0.25) is 0 Å². The molecule has 0 saturated carbocycles. The fourth-order valence-electron chi connectivity index (χ4n) is 2.98. The van der Waals surface area contributed by atoms with Crippen LogP contribution in [0, 0.1) is 11.7 Å². The van der Waals surface area contributed by atoms with Crippen LogP contribution in [0.3, 0.4) is 0 Å². The van der Waals surface area contributed by atoms with Crippen molar-refractivity contribution in [3.05, 3.63) is 54.2 Å². The van der Waals surface area contributed by atoms with Gasteiger partial charge in [-0.15, -0.1) is 0 Å². The summed E-state index contributed by atoms with van der Waals surface area (Å²) in [4.78, 5) is 19.4. The predicted molar refractivity (Wildman–Crippen MR) is 107 cm³/mol. The van der Waals surface area contributed by atoms with Crippen LogP contribution in [0.1, 0.15) is 32.8 Å². The Labute approximate surface area is 177 Å². The average Bonchev–Trinajstić information content (AvgIpc) is 3.17. The van der Waals surface area contributed by atoms with E-state index in [9.17, 15) is 13.6 Å². The third-order valence-electron chi connectivity index (χ3n) is 4.53. The number of benzene rings is 1. The highest BCUT2D eigenvalue weighted by Gasteiger charge is 2.26. The zero-order chi connectivity index (χ0) is 22.8. The Kier molecular flexibility index (Phi) is 6.28. The van der Waals surface area contributed by atoms with E-state index >= 15 is 4.39 Å². The van der Waals surface area contributed by atoms with Crippen LogP contribution in [0.25, 0.3) is 17.1 Å². The third-order valence-corrected chi connectivity index (χ3v) is 4.53. The van der Waals surface area contributed by atoms with Crippen LogP contribution in [-0.4, -0.2) is 31.8 Å². The fourth-order valence-corrected chi connectivity index (χ4v) is 2.98. The first-order valence-electron chi connectivity index (χ1n) is 9.57. The molecule has 0 saturated heterocycles. The SMILES string of the molecule is CC(C)CC(Oc1ncnc(-n2nccc2-c2ccc(C(C)(F)F)cc2)c1F)C(N)=O. The minimum Gasteiger partial charge on any atom is -0.462 e. The molecule has 3 rings (SSSR count). The Morgan fingerprint density at radius 1 is 1.19 bits per heavy atom. The van der Waals surface area contributed by atoms with Crippen molar-refractivity contribution in [3.8, 4) is 23.0 Å². The van der Waals surface area contributed by atoms with Crippen LogP contribution in [0.4, 0.5) is 13.2 Å². The molecule has 0 fully saturated rings. The molecule has 0 spiro atoms. The predicted octanol–water partition coefficient (Wildman–Crippen LogP) is 3.86. The maximum atomic E-state index is 15.2. The van der Waals surface area contributed by atoms with Crippen molar-refractivity contribution in [1.29, 1.82) is 0 Å². The molecule has 1 unspecified atom stereocenters. The second-order valence-corrected chi connectivity index (χ2v) is 7.55. The Bertz CT molecular complexity index is 1060. The molecule has 0 radical (unpaired) electrons. The summed E-state index contributed by atoms with van der Waals surface area (Å²) >= 11 is 0. The summed E-state index contributed by atoms with van der Waals surface area (Å²) in [6.07, 6.45) is 1.73. The van der Waals surface area contributed by atoms with E-state index in [1.54, 1.807) is 6.07 Å². The molecular weight excluding hydrogens is 411 g/mol. The van der Waals surface area contributed by atoms with E-state index in [4.69, 9.17) is 10.5 Å². The quantitative estimate of drug-likeness (QED) is 0.582. The molecule has 2 heterocycles. The zero-order valence-electron chi connectivity index (χ0n) is 17.2. The molecule has 1 atom stereocenters. The second-order valence-electron chi connectivity index (χ2n) is 7.55. The van der Waals surface area contributed by atoms with Gasteiger partial charge in [-0.25, -0.2) is 18.4 Å². The van der Waals surface area contributed by atoms with Crippen molar-refractivity contribution in [2.45, 2.75) is 39.2 Å². The molecule has 0 aliphatic carbocycles. The number of nitrogens with zero attached hydrogens (tertiary/aromatic N) is 4. The van der Waals surface area contributed by atoms with Gasteiger partial charge in [0.2, 0.25) is 5.82 Å². The summed E-state index contributed by atoms with van der Waals surface area (Å²) in [7, 11) is 0. The minimum atomic E-state index is -2.98. The number of carbonyl (C=O) groups excluding carboxylic acids is 1. The van der Waals surface area contributed by atoms with Gasteiger partial charge in [-0.2, -0.15) is 14.5 Å². The lowest BCUT2D eigenvalue weighted by Gasteiger charge is -2.18. The number of amides is 1. The normalized spacial score (nSPS) is 12.7. The monoisotopic (exact) mass is 433 g/mol. The summed E-state index contributed by atoms with van der Waals surface area (Å²) in [5.41, 5.74) is 6.16. The number of ether oxygens (including phenoxy) is 1. The van der Waals surface area contributed by atoms with E-state index in [1.165, 1.54) is 35.1 Å². The molecule has 1 amide bonds. The van der Waals surface area contributed by atoms with Crippen molar-refractivity contribution in [1.82, 2.24) is 19.7 Å². The molecule has 0 aliphatic rings. The van der Waals surface area contributed by atoms with Gasteiger partial charge in [0, 0.05) is 18.1 Å². The number of carbonyl (C=O) groups is 1. The van der Waals surface area contributed by atoms with Crippen molar-refractivity contribution >= 4 is 5.91 Å². The van der Waals surface area contributed by atoms with Crippen LogP contribution in [0.5, 0.6) is 5.88 Å². The lowest BCUT2D eigenvalue weighted by molar-refractivity contribution is -0.125. The largest absolute Gasteiger partial charge is 0.462 e. The smallest absolute Gasteiger partial charge is 0.270 e. The minimum absolute atomic E-state index is 0.0815. The summed E-state index contributed by atoms with van der Waals surface area (Å²) in [6.45, 7) is 4.55. The lowest BCUT2D eigenvalue weighted by Crippen LogP contribution is -2.35. The van der Waals surface area contributed by atoms with E-state index in [-0.39, 0.29) is 23.7 Å². The standard InChI is InChI=1S/C21H22F3N5O2/c1-12(2)10-16(18(25)30)31-20-17(22)19(26-11-27-20)29-15(8-9-28-29)13-4-6-14(7-5-13)21(3,23)24/h4-9,11-12,16H,10H2,1-3H3,(H2,25,30). The second kappa shape index (κ2) is 8.75. The molecule has 2 N–H and O–H groups in total. The first-order chi connectivity index (χ1) is 14.6. The number of hydrogen-bond donors (Lipinski definition) is 1. The fraction of sp³-hybridized carbons (Fsp3) is 0.333. The summed E-state index contributed by atoms with van der Waals surface area (Å²) in [6, 6.07) is 7.15. The molecule has 31 heavy (non-hydrogen) atoms. The van der Waals surface area contributed by atoms with E-state index in [0.29, 0.717) is 11.3 Å². The van der Waals surface area contributed by atoms with Gasteiger partial charge in [0.05, 0.1) is 11.9 Å². The molecule has 1 aromatic carbocycles. The van der Waals surface area contributed by atoms with Crippen LogP contribution in [0.15, 0.2) is 42.9 Å². The number of primary amides is 1. The highest BCUT2D eigenvalue weighted by molar-refractivity contribution is 5.79. The van der Waals surface area contributed by atoms with Gasteiger partial charge in [-0.3, -0.25) is 4.79 Å². The van der Waals surface area contributed by atoms with Gasteiger partial charge in [-0.05, 0) is 18.4 Å². The van der Waals surface area contributed by atoms with Crippen LogP contribution in [-0.2, 0) is 10.7 Å². The zero-order valence-corrected chi connectivity index (χ0v) is 17.2. The van der Waals surface area contributed by atoms with Crippen molar-refractivity contribution in [2.75, 3.05) is 0 Å². The molecule has 3 aromatic rings. The van der Waals surface area contributed by atoms with Gasteiger partial charge in [0.25, 0.3) is 17.7 Å². The number of aromatic nitrogens is 4. The van der Waals surface area contributed by atoms with Gasteiger partial charge in [0.15, 0.2) is 11.9 Å². The van der Waals surface area contributed by atoms with Crippen molar-refractivity contribution < 1.29 is 22.7 Å². The van der Waals surface area contributed by atoms with E-state index in [2.05, 4.69) is 15.1 Å². The van der Waals surface area contributed by atoms with Gasteiger partial charge < -0.3 is 10.5 Å². The van der Waals surface area contributed by atoms with Crippen LogP contribution < -0.4 is 10.5 Å². The number of alkyl halides is 2. The van der Waals surface area contributed by atoms with E-state index in [0.717, 1.165) is 13.3 Å². The Balaban J connectivity index is 1.96. The molecule has 10 heteroatoms. The highest BCUT2D eigenvalue weighted by atomic mass is 19.3. The number of halogens is 3.